The van der Waals surface area contributed by atoms with Gasteiger partial charge in [0.25, 0.3) is 0 Å². The molecule has 0 aliphatic carbocycles. The lowest BCUT2D eigenvalue weighted by molar-refractivity contribution is -0.123. The monoisotopic (exact) mass is 215 g/mol. The Morgan fingerprint density at radius 1 is 1.13 bits per heavy atom. The summed E-state index contributed by atoms with van der Waals surface area (Å²) in [6.45, 7) is 2.85. The lowest BCUT2D eigenvalue weighted by Gasteiger charge is -2.05. The number of hydrogen-bond donors (Lipinski definition) is 3. The number of hydrogen-bond acceptors (Lipinski definition) is 3. The molecule has 0 atom stereocenters. The predicted octanol–water partition coefficient (Wildman–Crippen LogP) is -1.24. The zero-order valence-electron chi connectivity index (χ0n) is 8.84. The molecule has 0 rings (SSSR count). The van der Waals surface area contributed by atoms with E-state index in [9.17, 15) is 14.4 Å². The minimum Gasteiger partial charge on any atom is -0.356 e. The van der Waals surface area contributed by atoms with Crippen molar-refractivity contribution in [1.29, 1.82) is 0 Å². The average Bonchev–Trinajstić information content (AvgIpc) is 2.23. The molecular formula is C9H17N3O3. The number of amides is 3. The van der Waals surface area contributed by atoms with Crippen molar-refractivity contribution in [2.45, 2.75) is 19.8 Å². The van der Waals surface area contributed by atoms with Gasteiger partial charge in [-0.2, -0.15) is 0 Å². The van der Waals surface area contributed by atoms with Crippen LogP contribution in [0, 0.1) is 0 Å². The third kappa shape index (κ3) is 8.73. The van der Waals surface area contributed by atoms with Gasteiger partial charge < -0.3 is 16.0 Å². The summed E-state index contributed by atoms with van der Waals surface area (Å²) in [5.74, 6) is -0.383. The van der Waals surface area contributed by atoms with Gasteiger partial charge in [-0.25, -0.2) is 0 Å². The van der Waals surface area contributed by atoms with E-state index in [4.69, 9.17) is 0 Å². The van der Waals surface area contributed by atoms with E-state index in [2.05, 4.69) is 16.0 Å². The summed E-state index contributed by atoms with van der Waals surface area (Å²) in [5, 5.41) is 7.42. The molecule has 3 N–H and O–H groups in total. The normalized spacial score (nSPS) is 9.13. The number of rotatable bonds is 8. The highest BCUT2D eigenvalue weighted by Crippen LogP contribution is 1.78. The molecule has 6 nitrogen and oxygen atoms in total. The standard InChI is InChI=1S/C9H17N3O3/c1-2-4-11-8(14)3-5-12-9(15)6-10-7-13/h7H,2-6H2,1H3,(H,10,13)(H,11,14)(H,12,15). The van der Waals surface area contributed by atoms with Crippen LogP contribution in [0.1, 0.15) is 19.8 Å². The third-order valence-electron chi connectivity index (χ3n) is 1.59. The topological polar surface area (TPSA) is 87.3 Å². The smallest absolute Gasteiger partial charge is 0.239 e. The first kappa shape index (κ1) is 13.4. The van der Waals surface area contributed by atoms with Gasteiger partial charge >= 0.3 is 0 Å². The van der Waals surface area contributed by atoms with Crippen molar-refractivity contribution in [3.8, 4) is 0 Å². The van der Waals surface area contributed by atoms with E-state index in [0.717, 1.165) is 6.42 Å². The maximum atomic E-state index is 11.1. The second kappa shape index (κ2) is 8.98. The Morgan fingerprint density at radius 2 is 1.80 bits per heavy atom. The van der Waals surface area contributed by atoms with Gasteiger partial charge in [-0.15, -0.1) is 0 Å². The number of carbonyl (C=O) groups excluding carboxylic acids is 3. The van der Waals surface area contributed by atoms with E-state index in [1.54, 1.807) is 0 Å². The van der Waals surface area contributed by atoms with Crippen molar-refractivity contribution in [2.24, 2.45) is 0 Å². The summed E-state index contributed by atoms with van der Waals surface area (Å²) in [6, 6.07) is 0. The SMILES string of the molecule is CCCNC(=O)CCNC(=O)CNC=O. The summed E-state index contributed by atoms with van der Waals surface area (Å²) in [4.78, 5) is 31.9. The first-order chi connectivity index (χ1) is 7.20. The minimum atomic E-state index is -0.301. The largest absolute Gasteiger partial charge is 0.356 e. The van der Waals surface area contributed by atoms with Crippen molar-refractivity contribution in [3.63, 3.8) is 0 Å². The Balaban J connectivity index is 3.39. The summed E-state index contributed by atoms with van der Waals surface area (Å²) in [7, 11) is 0. The van der Waals surface area contributed by atoms with E-state index < -0.39 is 0 Å². The van der Waals surface area contributed by atoms with Crippen molar-refractivity contribution in [3.05, 3.63) is 0 Å². The molecule has 0 bridgehead atoms. The van der Waals surface area contributed by atoms with Crippen molar-refractivity contribution in [2.75, 3.05) is 19.6 Å². The molecule has 0 aliphatic heterocycles. The van der Waals surface area contributed by atoms with Gasteiger partial charge in [0.15, 0.2) is 0 Å². The molecule has 86 valence electrons. The molecule has 0 aromatic rings. The fourth-order valence-electron chi connectivity index (χ4n) is 0.865. The molecule has 6 heteroatoms. The molecule has 0 heterocycles. The highest BCUT2D eigenvalue weighted by atomic mass is 16.2. The van der Waals surface area contributed by atoms with E-state index in [-0.39, 0.29) is 31.3 Å². The fraction of sp³-hybridized carbons (Fsp3) is 0.667. The van der Waals surface area contributed by atoms with Crippen LogP contribution in [0.4, 0.5) is 0 Å². The van der Waals surface area contributed by atoms with Crippen LogP contribution in [0.25, 0.3) is 0 Å². The molecule has 3 amide bonds. The molecule has 0 aromatic carbocycles. The lowest BCUT2D eigenvalue weighted by Crippen LogP contribution is -2.36. The van der Waals surface area contributed by atoms with Crippen LogP contribution in [0.3, 0.4) is 0 Å². The van der Waals surface area contributed by atoms with E-state index >= 15 is 0 Å². The summed E-state index contributed by atoms with van der Waals surface area (Å²) >= 11 is 0. The zero-order valence-corrected chi connectivity index (χ0v) is 8.84. The molecule has 0 saturated carbocycles. The third-order valence-corrected chi connectivity index (χ3v) is 1.59. The summed E-state index contributed by atoms with van der Waals surface area (Å²) < 4.78 is 0. The van der Waals surface area contributed by atoms with E-state index in [1.807, 2.05) is 6.92 Å². The van der Waals surface area contributed by atoms with E-state index in [1.165, 1.54) is 0 Å². The maximum Gasteiger partial charge on any atom is 0.239 e. The number of carbonyl (C=O) groups is 3. The Labute approximate surface area is 88.8 Å². The second-order valence-electron chi connectivity index (χ2n) is 2.95. The Morgan fingerprint density at radius 3 is 2.40 bits per heavy atom. The van der Waals surface area contributed by atoms with E-state index in [0.29, 0.717) is 13.0 Å². The van der Waals surface area contributed by atoms with Crippen molar-refractivity contribution >= 4 is 18.2 Å². The van der Waals surface area contributed by atoms with Crippen LogP contribution >= 0.6 is 0 Å². The first-order valence-electron chi connectivity index (χ1n) is 4.91. The zero-order chi connectivity index (χ0) is 11.5. The van der Waals surface area contributed by atoms with Gasteiger partial charge in [-0.3, -0.25) is 14.4 Å². The molecule has 0 fully saturated rings. The summed E-state index contributed by atoms with van der Waals surface area (Å²) in [5.41, 5.74) is 0. The van der Waals surface area contributed by atoms with Gasteiger partial charge in [0.1, 0.15) is 0 Å². The molecule has 0 aliphatic rings. The van der Waals surface area contributed by atoms with Crippen molar-refractivity contribution in [1.82, 2.24) is 16.0 Å². The Kier molecular flexibility index (Phi) is 8.03. The predicted molar refractivity (Wildman–Crippen MR) is 55.0 cm³/mol. The van der Waals surface area contributed by atoms with Crippen LogP contribution in [-0.4, -0.2) is 37.9 Å². The molecule has 15 heavy (non-hydrogen) atoms. The number of nitrogens with one attached hydrogen (secondary N) is 3. The van der Waals surface area contributed by atoms with Crippen LogP contribution in [0.5, 0.6) is 0 Å². The molecule has 0 spiro atoms. The second-order valence-corrected chi connectivity index (χ2v) is 2.95. The van der Waals surface area contributed by atoms with Crippen LogP contribution in [0.15, 0.2) is 0 Å². The van der Waals surface area contributed by atoms with Gasteiger partial charge in [0.2, 0.25) is 18.2 Å². The fourth-order valence-corrected chi connectivity index (χ4v) is 0.865. The average molecular weight is 215 g/mol. The summed E-state index contributed by atoms with van der Waals surface area (Å²) in [6.07, 6.45) is 1.60. The van der Waals surface area contributed by atoms with Crippen LogP contribution in [-0.2, 0) is 14.4 Å². The molecular weight excluding hydrogens is 198 g/mol. The molecule has 0 aromatic heterocycles. The maximum absolute atomic E-state index is 11.1. The highest BCUT2D eigenvalue weighted by molar-refractivity contribution is 5.81. The first-order valence-corrected chi connectivity index (χ1v) is 4.91. The lowest BCUT2D eigenvalue weighted by atomic mass is 10.3. The van der Waals surface area contributed by atoms with Gasteiger partial charge in [-0.05, 0) is 6.42 Å². The van der Waals surface area contributed by atoms with Crippen LogP contribution < -0.4 is 16.0 Å². The van der Waals surface area contributed by atoms with Crippen molar-refractivity contribution < 1.29 is 14.4 Å². The quantitative estimate of drug-likeness (QED) is 0.443. The van der Waals surface area contributed by atoms with Gasteiger partial charge in [0, 0.05) is 19.5 Å². The molecule has 0 radical (unpaired) electrons. The molecule has 0 unspecified atom stereocenters. The highest BCUT2D eigenvalue weighted by Gasteiger charge is 2.02. The Bertz CT molecular complexity index is 219. The van der Waals surface area contributed by atoms with Gasteiger partial charge in [-0.1, -0.05) is 6.92 Å². The minimum absolute atomic E-state index is 0.0555. The van der Waals surface area contributed by atoms with Gasteiger partial charge in [0.05, 0.1) is 6.54 Å². The van der Waals surface area contributed by atoms with Crippen LogP contribution in [0.2, 0.25) is 0 Å². The molecule has 0 saturated heterocycles. The Hall–Kier alpha value is -1.59.